The van der Waals surface area contributed by atoms with E-state index in [1.807, 2.05) is 0 Å². The number of rotatable bonds is 2. The van der Waals surface area contributed by atoms with Gasteiger partial charge in [0, 0.05) is 27.6 Å². The highest BCUT2D eigenvalue weighted by atomic mass is 14.6. The fourth-order valence-corrected chi connectivity index (χ4v) is 8.58. The second-order valence-corrected chi connectivity index (χ2v) is 13.9. The van der Waals surface area contributed by atoms with Gasteiger partial charge < -0.3 is 5.73 Å². The van der Waals surface area contributed by atoms with Gasteiger partial charge in [0.2, 0.25) is 0 Å². The molecule has 0 atom stereocenters. The Hall–Kier alpha value is -5.14. The van der Waals surface area contributed by atoms with Gasteiger partial charge in [0.15, 0.2) is 0 Å². The van der Waals surface area contributed by atoms with E-state index >= 15 is 0 Å². The van der Waals surface area contributed by atoms with Crippen LogP contribution in [0.5, 0.6) is 0 Å². The van der Waals surface area contributed by atoms with E-state index in [9.17, 15) is 0 Å². The molecule has 0 heterocycles. The lowest BCUT2D eigenvalue weighted by Gasteiger charge is -2.24. The van der Waals surface area contributed by atoms with Crippen LogP contribution in [0.15, 0.2) is 127 Å². The van der Waals surface area contributed by atoms with Gasteiger partial charge in [0.25, 0.3) is 0 Å². The van der Waals surface area contributed by atoms with Crippen LogP contribution in [0.4, 0.5) is 5.69 Å². The molecule has 2 aliphatic carbocycles. The van der Waals surface area contributed by atoms with Crippen molar-refractivity contribution >= 4 is 27.2 Å². The number of anilines is 1. The molecule has 0 amide bonds. The van der Waals surface area contributed by atoms with Gasteiger partial charge in [-0.2, -0.15) is 0 Å². The first kappa shape index (κ1) is 26.3. The molecule has 0 saturated carbocycles. The fourth-order valence-electron chi connectivity index (χ4n) is 8.58. The molecule has 9 rings (SSSR count). The van der Waals surface area contributed by atoms with E-state index in [4.69, 9.17) is 5.73 Å². The molecule has 0 radical (unpaired) electrons. The Balaban J connectivity index is 1.32. The van der Waals surface area contributed by atoms with Crippen molar-refractivity contribution in [2.24, 2.45) is 0 Å². The zero-order valence-electron chi connectivity index (χ0n) is 26.2. The highest BCUT2D eigenvalue weighted by Crippen LogP contribution is 2.55. The maximum absolute atomic E-state index is 7.32. The smallest absolute Gasteiger partial charge is 0.0473 e. The first-order chi connectivity index (χ1) is 21.8. The Bertz CT molecular complexity index is 2220. The number of para-hydroxylation sites is 1. The second kappa shape index (κ2) is 8.96. The maximum Gasteiger partial charge on any atom is 0.0473 e. The molecule has 0 saturated heterocycles. The molecule has 2 aliphatic rings. The average Bonchev–Trinajstić information content (AvgIpc) is 3.44. The van der Waals surface area contributed by atoms with E-state index in [0.29, 0.717) is 0 Å². The first-order valence-corrected chi connectivity index (χ1v) is 16.0. The summed E-state index contributed by atoms with van der Waals surface area (Å²) in [5, 5.41) is 5.05. The number of hydrogen-bond acceptors (Lipinski definition) is 1. The summed E-state index contributed by atoms with van der Waals surface area (Å²) in [6.07, 6.45) is 0. The second-order valence-electron chi connectivity index (χ2n) is 13.9. The number of nitrogens with two attached hydrogens (primary N) is 1. The predicted molar refractivity (Wildman–Crippen MR) is 192 cm³/mol. The average molecular weight is 578 g/mol. The summed E-state index contributed by atoms with van der Waals surface area (Å²) in [5.41, 5.74) is 23.4. The quantitative estimate of drug-likeness (QED) is 0.203. The fraction of sp³-hybridized carbons (Fsp3) is 0.136. The lowest BCUT2D eigenvalue weighted by molar-refractivity contribution is 0.661. The van der Waals surface area contributed by atoms with Crippen molar-refractivity contribution in [3.05, 3.63) is 150 Å². The number of benzene rings is 7. The van der Waals surface area contributed by atoms with Gasteiger partial charge >= 0.3 is 0 Å². The van der Waals surface area contributed by atoms with E-state index in [0.717, 1.165) is 16.8 Å². The van der Waals surface area contributed by atoms with Gasteiger partial charge in [-0.15, -0.1) is 0 Å². The third kappa shape index (κ3) is 3.39. The standard InChI is InChI=1S/C44H35N/c1-43(2)36-22-11-9-18-32(36)40-28-16-7-5-14-26(28)34(24-38(40)43)30-20-13-21-31(42(30)45)35-25-39-41(29-17-8-6-15-27(29)35)33-19-10-12-23-37(33)44(39,3)4/h5-25H,45H2,1-4H3. The van der Waals surface area contributed by atoms with Gasteiger partial charge in [0.1, 0.15) is 0 Å². The van der Waals surface area contributed by atoms with E-state index < -0.39 is 0 Å². The molecule has 45 heavy (non-hydrogen) atoms. The Morgan fingerprint density at radius 1 is 0.356 bits per heavy atom. The topological polar surface area (TPSA) is 26.0 Å². The molecule has 1 heteroatoms. The molecule has 0 fully saturated rings. The lowest BCUT2D eigenvalue weighted by Crippen LogP contribution is -2.15. The van der Waals surface area contributed by atoms with Crippen LogP contribution in [-0.2, 0) is 10.8 Å². The van der Waals surface area contributed by atoms with E-state index in [1.54, 1.807) is 0 Å². The molecule has 0 aliphatic heterocycles. The third-order valence-electron chi connectivity index (χ3n) is 10.9. The van der Waals surface area contributed by atoms with Crippen LogP contribution in [0.25, 0.3) is 66.1 Å². The van der Waals surface area contributed by atoms with Gasteiger partial charge in [-0.3, -0.25) is 0 Å². The molecule has 216 valence electrons. The summed E-state index contributed by atoms with van der Waals surface area (Å²) in [4.78, 5) is 0. The number of hydrogen-bond donors (Lipinski definition) is 1. The minimum Gasteiger partial charge on any atom is -0.398 e. The van der Waals surface area contributed by atoms with Crippen LogP contribution in [0.2, 0.25) is 0 Å². The summed E-state index contributed by atoms with van der Waals surface area (Å²) in [6.45, 7) is 9.41. The summed E-state index contributed by atoms with van der Waals surface area (Å²) in [7, 11) is 0. The summed E-state index contributed by atoms with van der Waals surface area (Å²) in [6, 6.07) is 46.9. The molecule has 0 unspecified atom stereocenters. The molecule has 2 N–H and O–H groups in total. The van der Waals surface area contributed by atoms with E-state index in [-0.39, 0.29) is 10.8 Å². The predicted octanol–water partition coefficient (Wildman–Crippen LogP) is 11.5. The van der Waals surface area contributed by atoms with Crippen molar-refractivity contribution in [1.82, 2.24) is 0 Å². The van der Waals surface area contributed by atoms with Gasteiger partial charge in [-0.25, -0.2) is 0 Å². The maximum atomic E-state index is 7.32. The van der Waals surface area contributed by atoms with Crippen LogP contribution < -0.4 is 5.73 Å². The minimum atomic E-state index is -0.103. The summed E-state index contributed by atoms with van der Waals surface area (Å²) >= 11 is 0. The Morgan fingerprint density at radius 3 is 1.16 bits per heavy atom. The zero-order valence-corrected chi connectivity index (χ0v) is 26.2. The molecule has 7 aromatic carbocycles. The Labute approximate surface area is 265 Å². The highest BCUT2D eigenvalue weighted by molar-refractivity contribution is 6.13. The van der Waals surface area contributed by atoms with Crippen molar-refractivity contribution in [1.29, 1.82) is 0 Å². The molecule has 0 aromatic heterocycles. The normalized spacial score (nSPS) is 15.1. The summed E-state index contributed by atoms with van der Waals surface area (Å²) < 4.78 is 0. The van der Waals surface area contributed by atoms with Crippen LogP contribution in [-0.4, -0.2) is 0 Å². The summed E-state index contributed by atoms with van der Waals surface area (Å²) in [5.74, 6) is 0. The van der Waals surface area contributed by atoms with Crippen molar-refractivity contribution in [3.8, 4) is 44.5 Å². The lowest BCUT2D eigenvalue weighted by atomic mass is 9.79. The zero-order chi connectivity index (χ0) is 30.7. The van der Waals surface area contributed by atoms with E-state index in [1.165, 1.54) is 77.2 Å². The van der Waals surface area contributed by atoms with Crippen molar-refractivity contribution < 1.29 is 0 Å². The molecular weight excluding hydrogens is 542 g/mol. The van der Waals surface area contributed by atoms with Crippen molar-refractivity contribution in [2.45, 2.75) is 38.5 Å². The molecule has 1 nitrogen and oxygen atoms in total. The van der Waals surface area contributed by atoms with Gasteiger partial charge in [-0.05, 0) is 89.3 Å². The Morgan fingerprint density at radius 2 is 0.711 bits per heavy atom. The van der Waals surface area contributed by atoms with Crippen molar-refractivity contribution in [3.63, 3.8) is 0 Å². The monoisotopic (exact) mass is 577 g/mol. The first-order valence-electron chi connectivity index (χ1n) is 16.0. The van der Waals surface area contributed by atoms with E-state index in [2.05, 4.69) is 155 Å². The van der Waals surface area contributed by atoms with Crippen LogP contribution in [0.3, 0.4) is 0 Å². The third-order valence-corrected chi connectivity index (χ3v) is 10.9. The van der Waals surface area contributed by atoms with Gasteiger partial charge in [0.05, 0.1) is 0 Å². The minimum absolute atomic E-state index is 0.103. The van der Waals surface area contributed by atoms with Crippen LogP contribution in [0, 0.1) is 0 Å². The van der Waals surface area contributed by atoms with Crippen LogP contribution in [0.1, 0.15) is 49.9 Å². The Kier molecular flexibility index (Phi) is 5.23. The molecule has 7 aromatic rings. The van der Waals surface area contributed by atoms with Gasteiger partial charge in [-0.1, -0.05) is 143 Å². The number of fused-ring (bicyclic) bond motifs is 10. The van der Waals surface area contributed by atoms with Crippen molar-refractivity contribution in [2.75, 3.05) is 5.73 Å². The van der Waals surface area contributed by atoms with Crippen LogP contribution >= 0.6 is 0 Å². The highest BCUT2D eigenvalue weighted by Gasteiger charge is 2.38. The number of nitrogen functional groups attached to an aromatic ring is 1. The largest absolute Gasteiger partial charge is 0.398 e. The molecular formula is C44H35N. The molecule has 0 bridgehead atoms. The SMILES string of the molecule is CC1(C)c2ccccc2-c2c1cc(-c1cccc(-c3cc4c(c5ccccc35)-c3ccccc3C4(C)C)c1N)c1ccccc21. The molecule has 0 spiro atoms.